The number of thiophene rings is 1. The molecule has 0 aliphatic rings. The first-order valence-electron chi connectivity index (χ1n) is 3.21. The van der Waals surface area contributed by atoms with Crippen molar-refractivity contribution < 1.29 is 8.76 Å². The SMILES string of the molecule is Cc1sc(C)c(S(=O)O)c1C. The van der Waals surface area contributed by atoms with Crippen molar-refractivity contribution in [2.24, 2.45) is 0 Å². The molecule has 1 atom stereocenters. The second kappa shape index (κ2) is 3.05. The first-order chi connectivity index (χ1) is 5.04. The highest BCUT2D eigenvalue weighted by molar-refractivity contribution is 7.79. The lowest BCUT2D eigenvalue weighted by Crippen LogP contribution is -1.90. The third kappa shape index (κ3) is 1.52. The molecule has 0 fully saturated rings. The highest BCUT2D eigenvalue weighted by atomic mass is 32.2. The van der Waals surface area contributed by atoms with Crippen LogP contribution < -0.4 is 0 Å². The van der Waals surface area contributed by atoms with Crippen molar-refractivity contribution in [2.45, 2.75) is 25.7 Å². The van der Waals surface area contributed by atoms with E-state index in [0.717, 1.165) is 15.3 Å². The van der Waals surface area contributed by atoms with Crippen LogP contribution in [0.4, 0.5) is 0 Å². The molecule has 1 N–H and O–H groups in total. The van der Waals surface area contributed by atoms with Crippen LogP contribution in [0.3, 0.4) is 0 Å². The van der Waals surface area contributed by atoms with Crippen LogP contribution in [-0.4, -0.2) is 8.76 Å². The van der Waals surface area contributed by atoms with Crippen molar-refractivity contribution in [3.05, 3.63) is 15.3 Å². The second-order valence-electron chi connectivity index (χ2n) is 2.42. The minimum absolute atomic E-state index is 0.590. The third-order valence-electron chi connectivity index (χ3n) is 1.67. The van der Waals surface area contributed by atoms with Crippen LogP contribution in [0.5, 0.6) is 0 Å². The van der Waals surface area contributed by atoms with E-state index in [9.17, 15) is 4.21 Å². The molecule has 1 aromatic heterocycles. The quantitative estimate of drug-likeness (QED) is 0.690. The summed E-state index contributed by atoms with van der Waals surface area (Å²) in [5.41, 5.74) is 0.952. The first kappa shape index (κ1) is 8.90. The molecule has 11 heavy (non-hydrogen) atoms. The molecule has 4 heteroatoms. The standard InChI is InChI=1S/C7H10O2S2/c1-4-5(2)10-6(3)7(4)11(8)9/h1-3H3,(H,8,9). The third-order valence-corrected chi connectivity index (χ3v) is 3.88. The maximum Gasteiger partial charge on any atom is 0.187 e. The molecule has 0 aliphatic carbocycles. The fourth-order valence-electron chi connectivity index (χ4n) is 1.03. The normalized spacial score (nSPS) is 13.5. The number of hydrogen-bond acceptors (Lipinski definition) is 2. The average molecular weight is 190 g/mol. The molecule has 0 aliphatic heterocycles. The van der Waals surface area contributed by atoms with Crippen molar-refractivity contribution in [1.82, 2.24) is 0 Å². The van der Waals surface area contributed by atoms with Crippen LogP contribution in [-0.2, 0) is 11.1 Å². The van der Waals surface area contributed by atoms with Crippen LogP contribution >= 0.6 is 11.3 Å². The van der Waals surface area contributed by atoms with Gasteiger partial charge in [0.05, 0.1) is 4.90 Å². The fourth-order valence-corrected chi connectivity index (χ4v) is 3.06. The van der Waals surface area contributed by atoms with Gasteiger partial charge in [-0.15, -0.1) is 11.3 Å². The molecule has 1 unspecified atom stereocenters. The van der Waals surface area contributed by atoms with Gasteiger partial charge in [0.1, 0.15) is 0 Å². The summed E-state index contributed by atoms with van der Waals surface area (Å²) in [5.74, 6) is 0. The van der Waals surface area contributed by atoms with E-state index in [1.807, 2.05) is 20.8 Å². The Labute approximate surface area is 72.5 Å². The van der Waals surface area contributed by atoms with Crippen molar-refractivity contribution >= 4 is 22.4 Å². The predicted octanol–water partition coefficient (Wildman–Crippen LogP) is 2.25. The smallest absolute Gasteiger partial charge is 0.187 e. The van der Waals surface area contributed by atoms with Gasteiger partial charge < -0.3 is 4.55 Å². The largest absolute Gasteiger partial charge is 0.302 e. The van der Waals surface area contributed by atoms with Gasteiger partial charge in [0.2, 0.25) is 0 Å². The molecule has 1 aromatic rings. The molecule has 0 saturated heterocycles. The van der Waals surface area contributed by atoms with Crippen LogP contribution in [0.15, 0.2) is 4.90 Å². The predicted molar refractivity (Wildman–Crippen MR) is 47.6 cm³/mol. The summed E-state index contributed by atoms with van der Waals surface area (Å²) in [6.45, 7) is 5.71. The van der Waals surface area contributed by atoms with E-state index in [2.05, 4.69) is 0 Å². The molecule has 0 amide bonds. The Balaban J connectivity index is 3.34. The fraction of sp³-hybridized carbons (Fsp3) is 0.429. The average Bonchev–Trinajstić information content (AvgIpc) is 2.07. The minimum Gasteiger partial charge on any atom is -0.302 e. The Morgan fingerprint density at radius 3 is 2.00 bits per heavy atom. The van der Waals surface area contributed by atoms with E-state index in [1.54, 1.807) is 11.3 Å². The second-order valence-corrected chi connectivity index (χ2v) is 4.75. The first-order valence-corrected chi connectivity index (χ1v) is 5.13. The molecule has 1 heterocycles. The van der Waals surface area contributed by atoms with Crippen molar-refractivity contribution in [3.63, 3.8) is 0 Å². The molecule has 0 bridgehead atoms. The van der Waals surface area contributed by atoms with Gasteiger partial charge in [-0.05, 0) is 26.3 Å². The Bertz CT molecular complexity index is 302. The van der Waals surface area contributed by atoms with Gasteiger partial charge in [-0.1, -0.05) is 0 Å². The summed E-state index contributed by atoms with van der Waals surface area (Å²) in [5, 5.41) is 0. The van der Waals surface area contributed by atoms with Gasteiger partial charge in [-0.3, -0.25) is 0 Å². The van der Waals surface area contributed by atoms with E-state index in [0.29, 0.717) is 4.90 Å². The van der Waals surface area contributed by atoms with Crippen LogP contribution in [0.1, 0.15) is 15.3 Å². The molecular weight excluding hydrogens is 180 g/mol. The summed E-state index contributed by atoms with van der Waals surface area (Å²) in [7, 11) is 0. The summed E-state index contributed by atoms with van der Waals surface area (Å²) in [4.78, 5) is 2.66. The molecule has 0 saturated carbocycles. The van der Waals surface area contributed by atoms with E-state index in [4.69, 9.17) is 4.55 Å². The molecule has 0 aromatic carbocycles. The summed E-state index contributed by atoms with van der Waals surface area (Å²) >= 11 is -0.250. The molecule has 2 nitrogen and oxygen atoms in total. The van der Waals surface area contributed by atoms with E-state index < -0.39 is 11.1 Å². The van der Waals surface area contributed by atoms with E-state index >= 15 is 0 Å². The van der Waals surface area contributed by atoms with Crippen molar-refractivity contribution in [1.29, 1.82) is 0 Å². The Hall–Kier alpha value is -0.190. The summed E-state index contributed by atoms with van der Waals surface area (Å²) in [6, 6.07) is 0. The monoisotopic (exact) mass is 190 g/mol. The van der Waals surface area contributed by atoms with Gasteiger partial charge in [0.15, 0.2) is 11.1 Å². The molecule has 1 rings (SSSR count). The zero-order chi connectivity index (χ0) is 8.59. The van der Waals surface area contributed by atoms with Gasteiger partial charge in [0, 0.05) is 9.75 Å². The highest BCUT2D eigenvalue weighted by Crippen LogP contribution is 2.28. The molecule has 62 valence electrons. The lowest BCUT2D eigenvalue weighted by atomic mass is 10.3. The van der Waals surface area contributed by atoms with Crippen LogP contribution in [0.2, 0.25) is 0 Å². The van der Waals surface area contributed by atoms with Crippen molar-refractivity contribution in [3.8, 4) is 0 Å². The Kier molecular flexibility index (Phi) is 2.47. The summed E-state index contributed by atoms with van der Waals surface area (Å²) in [6.07, 6.45) is 0. The maximum atomic E-state index is 10.8. The number of aryl methyl sites for hydroxylation is 2. The Morgan fingerprint density at radius 2 is 1.82 bits per heavy atom. The van der Waals surface area contributed by atoms with Crippen molar-refractivity contribution in [2.75, 3.05) is 0 Å². The van der Waals surface area contributed by atoms with Crippen LogP contribution in [0.25, 0.3) is 0 Å². The lowest BCUT2D eigenvalue weighted by Gasteiger charge is -1.93. The molecule has 0 spiro atoms. The maximum absolute atomic E-state index is 10.8. The lowest BCUT2D eigenvalue weighted by molar-refractivity contribution is 0.563. The Morgan fingerprint density at radius 1 is 1.27 bits per heavy atom. The molecular formula is C7H10O2S2. The zero-order valence-electron chi connectivity index (χ0n) is 6.67. The summed E-state index contributed by atoms with van der Waals surface area (Å²) < 4.78 is 19.7. The number of rotatable bonds is 1. The van der Waals surface area contributed by atoms with Gasteiger partial charge in [-0.2, -0.15) is 0 Å². The molecule has 0 radical (unpaired) electrons. The highest BCUT2D eigenvalue weighted by Gasteiger charge is 2.13. The van der Waals surface area contributed by atoms with Gasteiger partial charge in [-0.25, -0.2) is 4.21 Å². The van der Waals surface area contributed by atoms with Gasteiger partial charge in [0.25, 0.3) is 0 Å². The van der Waals surface area contributed by atoms with Crippen LogP contribution in [0, 0.1) is 20.8 Å². The zero-order valence-corrected chi connectivity index (χ0v) is 8.30. The van der Waals surface area contributed by atoms with Gasteiger partial charge >= 0.3 is 0 Å². The minimum atomic E-state index is -1.82. The van der Waals surface area contributed by atoms with E-state index in [1.165, 1.54) is 0 Å². The number of hydrogen-bond donors (Lipinski definition) is 1. The topological polar surface area (TPSA) is 37.3 Å². The van der Waals surface area contributed by atoms with E-state index in [-0.39, 0.29) is 0 Å².